The Hall–Kier alpha value is -3.58. The summed E-state index contributed by atoms with van der Waals surface area (Å²) in [6.45, 7) is 1.93. The smallest absolute Gasteiger partial charge is 0.274 e. The summed E-state index contributed by atoms with van der Waals surface area (Å²) in [6, 6.07) is 16.6. The second-order valence-corrected chi connectivity index (χ2v) is 7.07. The number of rotatable bonds is 6. The van der Waals surface area contributed by atoms with Gasteiger partial charge < -0.3 is 19.1 Å². The quantitative estimate of drug-likeness (QED) is 0.482. The van der Waals surface area contributed by atoms with Gasteiger partial charge in [0.15, 0.2) is 0 Å². The second kappa shape index (κ2) is 8.42. The van der Waals surface area contributed by atoms with Gasteiger partial charge in [-0.3, -0.25) is 4.79 Å². The molecule has 1 N–H and O–H groups in total. The van der Waals surface area contributed by atoms with Crippen molar-refractivity contribution in [1.29, 1.82) is 0 Å². The average Bonchev–Trinajstić information content (AvgIpc) is 3.40. The average molecular weight is 423 g/mol. The van der Waals surface area contributed by atoms with Crippen LogP contribution in [0.3, 0.4) is 0 Å². The molecule has 0 aliphatic heterocycles. The van der Waals surface area contributed by atoms with Crippen LogP contribution in [0, 0.1) is 6.92 Å². The topological polar surface area (TPSA) is 82.2 Å². The number of aromatic nitrogens is 3. The largest absolute Gasteiger partial charge is 0.495 e. The van der Waals surface area contributed by atoms with Crippen LogP contribution < -0.4 is 10.1 Å². The van der Waals surface area contributed by atoms with Gasteiger partial charge in [-0.2, -0.15) is 4.98 Å². The maximum absolute atomic E-state index is 12.7. The zero-order chi connectivity index (χ0) is 21.1. The van der Waals surface area contributed by atoms with E-state index >= 15 is 0 Å². The molecule has 7 nitrogen and oxygen atoms in total. The number of anilines is 1. The van der Waals surface area contributed by atoms with Gasteiger partial charge in [-0.15, -0.1) is 0 Å². The first-order chi connectivity index (χ1) is 14.5. The molecule has 4 rings (SSSR count). The van der Waals surface area contributed by atoms with Crippen LogP contribution in [0.15, 0.2) is 65.3 Å². The first-order valence-electron chi connectivity index (χ1n) is 9.24. The molecule has 0 bridgehead atoms. The van der Waals surface area contributed by atoms with Crippen molar-refractivity contribution in [1.82, 2.24) is 14.7 Å². The number of aryl methyl sites for hydroxylation is 1. The Labute approximate surface area is 178 Å². The molecule has 8 heteroatoms. The first-order valence-corrected chi connectivity index (χ1v) is 9.61. The van der Waals surface area contributed by atoms with E-state index in [1.54, 1.807) is 22.9 Å². The Balaban J connectivity index is 1.53. The third-order valence-corrected chi connectivity index (χ3v) is 4.98. The Kier molecular flexibility index (Phi) is 5.54. The molecule has 2 aromatic carbocycles. The minimum atomic E-state index is -0.227. The lowest BCUT2D eigenvalue weighted by molar-refractivity contribution is -0.116. The number of ether oxygens (including phenoxy) is 1. The van der Waals surface area contributed by atoms with Gasteiger partial charge in [-0.25, -0.2) is 0 Å². The van der Waals surface area contributed by atoms with Crippen molar-refractivity contribution >= 4 is 23.2 Å². The summed E-state index contributed by atoms with van der Waals surface area (Å²) in [6.07, 6.45) is 1.78. The Morgan fingerprint density at radius 1 is 1.20 bits per heavy atom. The van der Waals surface area contributed by atoms with Crippen molar-refractivity contribution in [2.45, 2.75) is 13.5 Å². The van der Waals surface area contributed by atoms with E-state index in [0.717, 1.165) is 11.1 Å². The number of hydrogen-bond acceptors (Lipinski definition) is 5. The molecule has 0 saturated heterocycles. The molecule has 0 saturated carbocycles. The summed E-state index contributed by atoms with van der Waals surface area (Å²) in [5.41, 5.74) is 2.91. The van der Waals surface area contributed by atoms with Crippen LogP contribution in [0.2, 0.25) is 5.02 Å². The van der Waals surface area contributed by atoms with E-state index in [-0.39, 0.29) is 12.5 Å². The van der Waals surface area contributed by atoms with Crippen LogP contribution in [0.5, 0.6) is 5.75 Å². The molecule has 152 valence electrons. The number of halogens is 1. The van der Waals surface area contributed by atoms with Crippen LogP contribution in [-0.4, -0.2) is 27.7 Å². The van der Waals surface area contributed by atoms with Gasteiger partial charge in [0.2, 0.25) is 11.7 Å². The predicted molar refractivity (Wildman–Crippen MR) is 115 cm³/mol. The van der Waals surface area contributed by atoms with Crippen molar-refractivity contribution in [2.75, 3.05) is 12.4 Å². The lowest BCUT2D eigenvalue weighted by Gasteiger charge is -2.13. The molecule has 0 unspecified atom stereocenters. The molecule has 0 fully saturated rings. The fourth-order valence-corrected chi connectivity index (χ4v) is 3.21. The van der Waals surface area contributed by atoms with Gasteiger partial charge >= 0.3 is 0 Å². The fraction of sp³-hybridized carbons (Fsp3) is 0.136. The normalized spacial score (nSPS) is 10.8. The van der Waals surface area contributed by atoms with Gasteiger partial charge in [0, 0.05) is 22.8 Å². The van der Waals surface area contributed by atoms with Crippen molar-refractivity contribution < 1.29 is 14.1 Å². The zero-order valence-electron chi connectivity index (χ0n) is 16.4. The highest BCUT2D eigenvalue weighted by Gasteiger charge is 2.16. The Morgan fingerprint density at radius 3 is 2.77 bits per heavy atom. The van der Waals surface area contributed by atoms with Crippen molar-refractivity contribution in [2.24, 2.45) is 0 Å². The molecule has 0 atom stereocenters. The highest BCUT2D eigenvalue weighted by molar-refractivity contribution is 6.31. The van der Waals surface area contributed by atoms with Gasteiger partial charge in [0.25, 0.3) is 5.89 Å². The molecule has 2 heterocycles. The molecule has 1 amide bonds. The van der Waals surface area contributed by atoms with Gasteiger partial charge in [-0.05, 0) is 30.7 Å². The molecule has 0 aliphatic rings. The minimum Gasteiger partial charge on any atom is -0.495 e. The van der Waals surface area contributed by atoms with E-state index in [1.807, 2.05) is 49.4 Å². The molecular formula is C22H19ClN4O3. The first kappa shape index (κ1) is 19.7. The lowest BCUT2D eigenvalue weighted by Crippen LogP contribution is -2.19. The molecule has 0 aliphatic carbocycles. The molecule has 0 spiro atoms. The van der Waals surface area contributed by atoms with E-state index in [0.29, 0.717) is 33.9 Å². The van der Waals surface area contributed by atoms with E-state index < -0.39 is 0 Å². The predicted octanol–water partition coefficient (Wildman–Crippen LogP) is 4.81. The number of nitrogens with zero attached hydrogens (tertiary/aromatic N) is 3. The van der Waals surface area contributed by atoms with Crippen molar-refractivity contribution in [3.8, 4) is 28.7 Å². The minimum absolute atomic E-state index is 0.0657. The summed E-state index contributed by atoms with van der Waals surface area (Å²) >= 11 is 6.13. The number of carbonyl (C=O) groups excluding carboxylic acids is 1. The number of nitrogens with one attached hydrogen (secondary N) is 1. The summed E-state index contributed by atoms with van der Waals surface area (Å²) < 4.78 is 12.5. The summed E-state index contributed by atoms with van der Waals surface area (Å²) in [4.78, 5) is 17.1. The summed E-state index contributed by atoms with van der Waals surface area (Å²) in [5, 5.41) is 7.48. The van der Waals surface area contributed by atoms with Gasteiger partial charge in [-0.1, -0.05) is 47.1 Å². The summed E-state index contributed by atoms with van der Waals surface area (Å²) in [7, 11) is 1.53. The van der Waals surface area contributed by atoms with Gasteiger partial charge in [0.1, 0.15) is 18.0 Å². The number of amides is 1. The number of benzene rings is 2. The molecule has 30 heavy (non-hydrogen) atoms. The highest BCUT2D eigenvalue weighted by atomic mass is 35.5. The van der Waals surface area contributed by atoms with Crippen LogP contribution in [0.1, 0.15) is 5.56 Å². The third-order valence-electron chi connectivity index (χ3n) is 4.58. The Morgan fingerprint density at radius 2 is 2.00 bits per heavy atom. The molecule has 0 radical (unpaired) electrons. The van der Waals surface area contributed by atoms with Crippen LogP contribution in [0.4, 0.5) is 5.69 Å². The highest BCUT2D eigenvalue weighted by Crippen LogP contribution is 2.31. The molecular weight excluding hydrogens is 404 g/mol. The van der Waals surface area contributed by atoms with Crippen molar-refractivity contribution in [3.05, 3.63) is 71.4 Å². The monoisotopic (exact) mass is 422 g/mol. The fourth-order valence-electron chi connectivity index (χ4n) is 3.05. The number of methoxy groups -OCH3 is 1. The van der Waals surface area contributed by atoms with Gasteiger partial charge in [0.05, 0.1) is 12.8 Å². The third kappa shape index (κ3) is 4.06. The summed E-state index contributed by atoms with van der Waals surface area (Å²) in [5.74, 6) is 1.10. The van der Waals surface area contributed by atoms with E-state index in [9.17, 15) is 4.79 Å². The second-order valence-electron chi connectivity index (χ2n) is 6.66. The maximum atomic E-state index is 12.7. The Bertz CT molecular complexity index is 1180. The van der Waals surface area contributed by atoms with E-state index in [1.165, 1.54) is 7.11 Å². The zero-order valence-corrected chi connectivity index (χ0v) is 17.2. The standard InChI is InChI=1S/C22H19ClN4O3/c1-14-11-17(19(29-2)12-16(14)23)24-20(28)13-27-10-6-9-18(27)22-25-21(26-30-22)15-7-4-3-5-8-15/h3-12H,13H2,1-2H3,(H,24,28). The molecule has 4 aromatic rings. The van der Waals surface area contributed by atoms with Crippen LogP contribution in [0.25, 0.3) is 23.0 Å². The maximum Gasteiger partial charge on any atom is 0.274 e. The number of hydrogen-bond donors (Lipinski definition) is 1. The SMILES string of the molecule is COc1cc(Cl)c(C)cc1NC(=O)Cn1cccc1-c1nc(-c2ccccc2)no1. The van der Waals surface area contributed by atoms with Crippen molar-refractivity contribution in [3.63, 3.8) is 0 Å². The molecule has 2 aromatic heterocycles. The van der Waals surface area contributed by atoms with E-state index in [4.69, 9.17) is 20.9 Å². The lowest BCUT2D eigenvalue weighted by atomic mass is 10.2. The van der Waals surface area contributed by atoms with Crippen LogP contribution >= 0.6 is 11.6 Å². The van der Waals surface area contributed by atoms with E-state index in [2.05, 4.69) is 15.5 Å². The number of carbonyl (C=O) groups is 1. The van der Waals surface area contributed by atoms with Crippen LogP contribution in [-0.2, 0) is 11.3 Å².